The molecule has 0 aromatic carbocycles. The third-order valence-corrected chi connectivity index (χ3v) is 3.84. The minimum absolute atomic E-state index is 0.111. The minimum atomic E-state index is -0.931. The Labute approximate surface area is 94.4 Å². The van der Waals surface area contributed by atoms with Crippen molar-refractivity contribution in [3.8, 4) is 0 Å². The average molecular weight is 235 g/mol. The molecule has 0 aliphatic heterocycles. The molecule has 0 spiro atoms. The summed E-state index contributed by atoms with van der Waals surface area (Å²) in [5, 5.41) is -0.111. The molecule has 0 N–H and O–H groups in total. The molecule has 2 atom stereocenters. The minimum Gasteiger partial charge on any atom is -0.469 e. The van der Waals surface area contributed by atoms with Gasteiger partial charge in [-0.05, 0) is 27.1 Å². The van der Waals surface area contributed by atoms with Crippen molar-refractivity contribution in [2.24, 2.45) is 0 Å². The number of rotatable bonds is 7. The van der Waals surface area contributed by atoms with Gasteiger partial charge in [0.25, 0.3) is 0 Å². The Bertz CT molecular complexity index is 219. The van der Waals surface area contributed by atoms with Crippen molar-refractivity contribution in [2.45, 2.75) is 25.0 Å². The summed E-state index contributed by atoms with van der Waals surface area (Å²) in [6.45, 7) is 2.75. The molecule has 15 heavy (non-hydrogen) atoms. The highest BCUT2D eigenvalue weighted by Gasteiger charge is 2.15. The molecule has 0 aromatic heterocycles. The van der Waals surface area contributed by atoms with Crippen LogP contribution in [0, 0.1) is 0 Å². The number of ether oxygens (including phenoxy) is 1. The summed E-state index contributed by atoms with van der Waals surface area (Å²) in [7, 11) is 4.39. The van der Waals surface area contributed by atoms with Gasteiger partial charge in [-0.1, -0.05) is 6.92 Å². The highest BCUT2D eigenvalue weighted by molar-refractivity contribution is 7.85. The Morgan fingerprint density at radius 3 is 2.53 bits per heavy atom. The molecule has 0 saturated carbocycles. The Kier molecular flexibility index (Phi) is 7.60. The smallest absolute Gasteiger partial charge is 0.306 e. The monoisotopic (exact) mass is 235 g/mol. The van der Waals surface area contributed by atoms with Crippen LogP contribution in [0.5, 0.6) is 0 Å². The first-order valence-electron chi connectivity index (χ1n) is 5.06. The van der Waals surface area contributed by atoms with Crippen molar-refractivity contribution < 1.29 is 13.7 Å². The van der Waals surface area contributed by atoms with Crippen molar-refractivity contribution in [3.63, 3.8) is 0 Å². The van der Waals surface area contributed by atoms with E-state index in [1.54, 1.807) is 0 Å². The predicted octanol–water partition coefficient (Wildman–Crippen LogP) is 0.638. The van der Waals surface area contributed by atoms with Gasteiger partial charge in [0.1, 0.15) is 0 Å². The van der Waals surface area contributed by atoms with Crippen molar-refractivity contribution >= 4 is 16.8 Å². The highest BCUT2D eigenvalue weighted by atomic mass is 32.2. The van der Waals surface area contributed by atoms with Gasteiger partial charge in [0.05, 0.1) is 13.5 Å². The first-order chi connectivity index (χ1) is 6.97. The van der Waals surface area contributed by atoms with Crippen LogP contribution in [0.1, 0.15) is 19.8 Å². The lowest BCUT2D eigenvalue weighted by molar-refractivity contribution is -0.140. The maximum absolute atomic E-state index is 11.7. The Hall–Kier alpha value is -0.420. The first-order valence-corrected chi connectivity index (χ1v) is 6.44. The third kappa shape index (κ3) is 7.50. The lowest BCUT2D eigenvalue weighted by atomic mass is 10.3. The van der Waals surface area contributed by atoms with E-state index in [2.05, 4.69) is 9.64 Å². The van der Waals surface area contributed by atoms with Crippen molar-refractivity contribution in [2.75, 3.05) is 33.5 Å². The second kappa shape index (κ2) is 7.82. The van der Waals surface area contributed by atoms with Crippen molar-refractivity contribution in [1.29, 1.82) is 0 Å². The molecule has 0 aliphatic carbocycles. The maximum atomic E-state index is 11.7. The molecule has 90 valence electrons. The second-order valence-electron chi connectivity index (χ2n) is 3.83. The van der Waals surface area contributed by atoms with E-state index < -0.39 is 10.8 Å². The molecule has 0 saturated heterocycles. The molecule has 2 unspecified atom stereocenters. The van der Waals surface area contributed by atoms with Gasteiger partial charge in [-0.15, -0.1) is 0 Å². The summed E-state index contributed by atoms with van der Waals surface area (Å²) >= 11 is 0. The number of carbonyl (C=O) groups excluding carboxylic acids is 1. The van der Waals surface area contributed by atoms with Crippen LogP contribution in [0.4, 0.5) is 0 Å². The summed E-state index contributed by atoms with van der Waals surface area (Å²) in [6.07, 6.45) is 1.14. The molecular formula is C10H21NO3S. The molecule has 0 heterocycles. The van der Waals surface area contributed by atoms with Crippen LogP contribution in [0.2, 0.25) is 0 Å². The summed E-state index contributed by atoms with van der Waals surface area (Å²) in [6, 6.07) is 0. The van der Waals surface area contributed by atoms with Crippen LogP contribution in [-0.2, 0) is 20.3 Å². The van der Waals surface area contributed by atoms with E-state index in [0.717, 1.165) is 13.0 Å². The number of hydrogen-bond acceptors (Lipinski definition) is 4. The second-order valence-corrected chi connectivity index (χ2v) is 5.81. The van der Waals surface area contributed by atoms with E-state index in [-0.39, 0.29) is 17.6 Å². The van der Waals surface area contributed by atoms with Gasteiger partial charge in [0.2, 0.25) is 0 Å². The van der Waals surface area contributed by atoms with Gasteiger partial charge < -0.3 is 9.64 Å². The van der Waals surface area contributed by atoms with Gasteiger partial charge >= 0.3 is 5.97 Å². The van der Waals surface area contributed by atoms with Gasteiger partial charge in [0.15, 0.2) is 0 Å². The van der Waals surface area contributed by atoms with Gasteiger partial charge in [-0.3, -0.25) is 9.00 Å². The number of methoxy groups -OCH3 is 1. The zero-order valence-corrected chi connectivity index (χ0v) is 10.8. The summed E-state index contributed by atoms with van der Waals surface area (Å²) in [5.41, 5.74) is 0. The van der Waals surface area contributed by atoms with E-state index in [9.17, 15) is 9.00 Å². The van der Waals surface area contributed by atoms with E-state index in [1.165, 1.54) is 7.11 Å². The quantitative estimate of drug-likeness (QED) is 0.608. The zero-order valence-electron chi connectivity index (χ0n) is 9.99. The molecule has 4 nitrogen and oxygen atoms in total. The molecule has 5 heteroatoms. The lowest BCUT2D eigenvalue weighted by Crippen LogP contribution is -2.21. The van der Waals surface area contributed by atoms with E-state index >= 15 is 0 Å². The number of nitrogens with zero attached hydrogens (tertiary/aromatic N) is 1. The zero-order chi connectivity index (χ0) is 11.8. The fraction of sp³-hybridized carbons (Fsp3) is 0.900. The fourth-order valence-corrected chi connectivity index (χ4v) is 2.27. The molecule has 0 fully saturated rings. The predicted molar refractivity (Wildman–Crippen MR) is 62.3 cm³/mol. The Morgan fingerprint density at radius 2 is 2.07 bits per heavy atom. The summed E-state index contributed by atoms with van der Waals surface area (Å²) in [4.78, 5) is 13.0. The van der Waals surface area contributed by atoms with Crippen molar-refractivity contribution in [3.05, 3.63) is 0 Å². The van der Waals surface area contributed by atoms with Crippen LogP contribution < -0.4 is 0 Å². The molecular weight excluding hydrogens is 214 g/mol. The first kappa shape index (κ1) is 14.6. The van der Waals surface area contributed by atoms with Gasteiger partial charge in [-0.25, -0.2) is 0 Å². The molecule has 0 aromatic rings. The van der Waals surface area contributed by atoms with E-state index in [1.807, 2.05) is 21.0 Å². The summed E-state index contributed by atoms with van der Waals surface area (Å²) in [5.74, 6) is 0.361. The van der Waals surface area contributed by atoms with Crippen LogP contribution in [0.15, 0.2) is 0 Å². The molecule has 0 amide bonds. The third-order valence-electron chi connectivity index (χ3n) is 2.08. The average Bonchev–Trinajstić information content (AvgIpc) is 2.16. The normalized spacial score (nSPS) is 15.0. The van der Waals surface area contributed by atoms with Gasteiger partial charge in [0, 0.05) is 21.8 Å². The summed E-state index contributed by atoms with van der Waals surface area (Å²) < 4.78 is 16.2. The molecule has 0 bridgehead atoms. The fourth-order valence-electron chi connectivity index (χ4n) is 1.14. The van der Waals surface area contributed by atoms with Crippen molar-refractivity contribution in [1.82, 2.24) is 4.90 Å². The largest absolute Gasteiger partial charge is 0.469 e. The SMILES string of the molecule is COC(=O)CC(C)S(=O)CCCN(C)C. The highest BCUT2D eigenvalue weighted by Crippen LogP contribution is 2.04. The lowest BCUT2D eigenvalue weighted by Gasteiger charge is -2.12. The maximum Gasteiger partial charge on any atom is 0.306 e. The molecule has 0 radical (unpaired) electrons. The van der Waals surface area contributed by atoms with E-state index in [0.29, 0.717) is 5.75 Å². The Morgan fingerprint density at radius 1 is 1.47 bits per heavy atom. The number of hydrogen-bond donors (Lipinski definition) is 0. The molecule has 0 aliphatic rings. The Balaban J connectivity index is 3.74. The van der Waals surface area contributed by atoms with Crippen LogP contribution >= 0.6 is 0 Å². The van der Waals surface area contributed by atoms with Gasteiger partial charge in [-0.2, -0.15) is 0 Å². The van der Waals surface area contributed by atoms with E-state index in [4.69, 9.17) is 0 Å². The topological polar surface area (TPSA) is 46.6 Å². The van der Waals surface area contributed by atoms with Crippen LogP contribution in [0.3, 0.4) is 0 Å². The number of esters is 1. The molecule has 0 rings (SSSR count). The number of carbonyl (C=O) groups is 1. The van der Waals surface area contributed by atoms with Crippen LogP contribution in [0.25, 0.3) is 0 Å². The van der Waals surface area contributed by atoms with Crippen LogP contribution in [-0.4, -0.2) is 53.8 Å². The standard InChI is InChI=1S/C10H21NO3S/c1-9(8-10(12)14-4)15(13)7-5-6-11(2)3/h9H,5-8H2,1-4H3.